The van der Waals surface area contributed by atoms with E-state index in [9.17, 15) is 13.2 Å². The van der Waals surface area contributed by atoms with Crippen molar-refractivity contribution in [1.29, 1.82) is 0 Å². The molecule has 0 spiro atoms. The number of halogens is 3. The topological polar surface area (TPSA) is 15.7 Å². The number of rotatable bonds is 3. The largest absolute Gasteiger partial charge is 0.401 e. The standard InChI is InChI=1S/C11H19F3N2O/c1-15-4-2-9(3-5-15)16(8-11(12,13)14)10-6-17-7-10/h9-10H,2-8H2,1H3. The molecule has 0 aliphatic carbocycles. The van der Waals surface area contributed by atoms with E-state index in [2.05, 4.69) is 4.90 Å². The van der Waals surface area contributed by atoms with Gasteiger partial charge in [-0.3, -0.25) is 4.90 Å². The van der Waals surface area contributed by atoms with Crippen LogP contribution in [0.1, 0.15) is 12.8 Å². The summed E-state index contributed by atoms with van der Waals surface area (Å²) in [5.74, 6) is 0. The van der Waals surface area contributed by atoms with Crippen LogP contribution in [0.2, 0.25) is 0 Å². The molecule has 6 heteroatoms. The summed E-state index contributed by atoms with van der Waals surface area (Å²) < 4.78 is 42.7. The third kappa shape index (κ3) is 3.56. The van der Waals surface area contributed by atoms with Crippen molar-refractivity contribution in [2.45, 2.75) is 31.1 Å². The van der Waals surface area contributed by atoms with Gasteiger partial charge in [0.05, 0.1) is 25.8 Å². The predicted octanol–water partition coefficient (Wildman–Crippen LogP) is 1.34. The Morgan fingerprint density at radius 3 is 2.18 bits per heavy atom. The SMILES string of the molecule is CN1CCC(N(CC(F)(F)F)C2COC2)CC1. The zero-order valence-corrected chi connectivity index (χ0v) is 10.0. The summed E-state index contributed by atoms with van der Waals surface area (Å²) in [4.78, 5) is 3.77. The quantitative estimate of drug-likeness (QED) is 0.754. The number of nitrogens with zero attached hydrogens (tertiary/aromatic N) is 2. The van der Waals surface area contributed by atoms with Crippen molar-refractivity contribution in [3.63, 3.8) is 0 Å². The van der Waals surface area contributed by atoms with Gasteiger partial charge in [0.2, 0.25) is 0 Å². The second-order valence-electron chi connectivity index (χ2n) is 5.01. The zero-order chi connectivity index (χ0) is 12.5. The molecule has 0 atom stereocenters. The molecule has 0 aromatic heterocycles. The smallest absolute Gasteiger partial charge is 0.378 e. The van der Waals surface area contributed by atoms with E-state index in [4.69, 9.17) is 4.74 Å². The van der Waals surface area contributed by atoms with Gasteiger partial charge in [-0.05, 0) is 33.0 Å². The first-order valence-electron chi connectivity index (χ1n) is 6.04. The molecule has 0 N–H and O–H groups in total. The van der Waals surface area contributed by atoms with Crippen LogP contribution in [0.25, 0.3) is 0 Å². The lowest BCUT2D eigenvalue weighted by molar-refractivity contribution is -0.180. The van der Waals surface area contributed by atoms with Crippen molar-refractivity contribution in [2.24, 2.45) is 0 Å². The van der Waals surface area contributed by atoms with Crippen LogP contribution in [0.15, 0.2) is 0 Å². The molecule has 2 aliphatic heterocycles. The van der Waals surface area contributed by atoms with Gasteiger partial charge in [0.1, 0.15) is 0 Å². The molecular formula is C11H19F3N2O. The Morgan fingerprint density at radius 1 is 1.18 bits per heavy atom. The molecule has 2 fully saturated rings. The van der Waals surface area contributed by atoms with E-state index in [0.717, 1.165) is 25.9 Å². The van der Waals surface area contributed by atoms with Crippen molar-refractivity contribution in [2.75, 3.05) is 39.9 Å². The fraction of sp³-hybridized carbons (Fsp3) is 1.00. The second-order valence-corrected chi connectivity index (χ2v) is 5.01. The zero-order valence-electron chi connectivity index (χ0n) is 10.0. The van der Waals surface area contributed by atoms with Crippen LogP contribution >= 0.6 is 0 Å². The number of hydrogen-bond donors (Lipinski definition) is 0. The summed E-state index contributed by atoms with van der Waals surface area (Å²) in [6, 6.07) is 0.0201. The minimum absolute atomic E-state index is 0.0370. The highest BCUT2D eigenvalue weighted by atomic mass is 19.4. The Kier molecular flexibility index (Phi) is 3.95. The van der Waals surface area contributed by atoms with Crippen molar-refractivity contribution in [3.05, 3.63) is 0 Å². The van der Waals surface area contributed by atoms with E-state index in [1.54, 1.807) is 4.90 Å². The van der Waals surface area contributed by atoms with Gasteiger partial charge >= 0.3 is 6.18 Å². The van der Waals surface area contributed by atoms with E-state index in [1.165, 1.54) is 0 Å². The fourth-order valence-corrected chi connectivity index (χ4v) is 2.50. The highest BCUT2D eigenvalue weighted by Gasteiger charge is 2.40. The van der Waals surface area contributed by atoms with Gasteiger partial charge < -0.3 is 9.64 Å². The van der Waals surface area contributed by atoms with E-state index in [-0.39, 0.29) is 12.1 Å². The molecule has 2 aliphatic rings. The van der Waals surface area contributed by atoms with Crippen LogP contribution in [0.4, 0.5) is 13.2 Å². The molecule has 2 saturated heterocycles. The van der Waals surface area contributed by atoms with E-state index >= 15 is 0 Å². The monoisotopic (exact) mass is 252 g/mol. The number of ether oxygens (including phenoxy) is 1. The average molecular weight is 252 g/mol. The number of piperidine rings is 1. The molecule has 0 saturated carbocycles. The molecule has 0 aromatic rings. The van der Waals surface area contributed by atoms with E-state index in [1.807, 2.05) is 7.05 Å². The fourth-order valence-electron chi connectivity index (χ4n) is 2.50. The lowest BCUT2D eigenvalue weighted by Gasteiger charge is -2.44. The minimum atomic E-state index is -4.11. The van der Waals surface area contributed by atoms with Gasteiger partial charge in [-0.2, -0.15) is 13.2 Å². The summed E-state index contributed by atoms with van der Waals surface area (Å²) in [6.45, 7) is 1.86. The lowest BCUT2D eigenvalue weighted by Crippen LogP contribution is -2.58. The Bertz CT molecular complexity index is 248. The van der Waals surface area contributed by atoms with Crippen LogP contribution in [0, 0.1) is 0 Å². The third-order valence-electron chi connectivity index (χ3n) is 3.61. The molecule has 2 heterocycles. The van der Waals surface area contributed by atoms with Gasteiger partial charge in [0, 0.05) is 6.04 Å². The minimum Gasteiger partial charge on any atom is -0.378 e. The molecule has 3 nitrogen and oxygen atoms in total. The molecule has 0 unspecified atom stereocenters. The van der Waals surface area contributed by atoms with Crippen molar-refractivity contribution in [1.82, 2.24) is 9.80 Å². The van der Waals surface area contributed by atoms with Crippen LogP contribution in [0.5, 0.6) is 0 Å². The Labute approximate surface area is 99.5 Å². The summed E-state index contributed by atoms with van der Waals surface area (Å²) in [5, 5.41) is 0. The number of alkyl halides is 3. The highest BCUT2D eigenvalue weighted by Crippen LogP contribution is 2.26. The second kappa shape index (κ2) is 5.12. The first-order chi connectivity index (χ1) is 7.96. The molecule has 17 heavy (non-hydrogen) atoms. The van der Waals surface area contributed by atoms with Crippen molar-refractivity contribution >= 4 is 0 Å². The summed E-state index contributed by atoms with van der Waals surface area (Å²) in [6.07, 6.45) is -2.47. The van der Waals surface area contributed by atoms with Crippen LogP contribution < -0.4 is 0 Å². The third-order valence-corrected chi connectivity index (χ3v) is 3.61. The van der Waals surface area contributed by atoms with Crippen LogP contribution in [-0.4, -0.2) is 68.0 Å². The Hall–Kier alpha value is -0.330. The van der Waals surface area contributed by atoms with Crippen molar-refractivity contribution in [3.8, 4) is 0 Å². The Balaban J connectivity index is 1.94. The van der Waals surface area contributed by atoms with Gasteiger partial charge in [0.25, 0.3) is 0 Å². The Morgan fingerprint density at radius 2 is 1.76 bits per heavy atom. The van der Waals surface area contributed by atoms with E-state index < -0.39 is 12.7 Å². The number of hydrogen-bond acceptors (Lipinski definition) is 3. The molecule has 2 rings (SSSR count). The van der Waals surface area contributed by atoms with Gasteiger partial charge in [-0.25, -0.2) is 0 Å². The molecule has 0 bridgehead atoms. The van der Waals surface area contributed by atoms with Gasteiger partial charge in [0.15, 0.2) is 0 Å². The molecule has 0 amide bonds. The first kappa shape index (κ1) is 13.1. The normalized spacial score (nSPS) is 25.2. The van der Waals surface area contributed by atoms with Gasteiger partial charge in [-0.1, -0.05) is 0 Å². The predicted molar refractivity (Wildman–Crippen MR) is 57.9 cm³/mol. The summed E-state index contributed by atoms with van der Waals surface area (Å²) in [7, 11) is 2.01. The summed E-state index contributed by atoms with van der Waals surface area (Å²) >= 11 is 0. The molecule has 0 aromatic carbocycles. The highest BCUT2D eigenvalue weighted by molar-refractivity contribution is 4.87. The maximum Gasteiger partial charge on any atom is 0.401 e. The van der Waals surface area contributed by atoms with Crippen molar-refractivity contribution < 1.29 is 17.9 Å². The molecular weight excluding hydrogens is 233 g/mol. The lowest BCUT2D eigenvalue weighted by atomic mass is 10.0. The van der Waals surface area contributed by atoms with Gasteiger partial charge in [-0.15, -0.1) is 0 Å². The molecule has 100 valence electrons. The maximum atomic E-state index is 12.6. The number of likely N-dealkylation sites (tertiary alicyclic amines) is 1. The maximum absolute atomic E-state index is 12.6. The molecule has 0 radical (unpaired) electrons. The van der Waals surface area contributed by atoms with Crippen LogP contribution in [-0.2, 0) is 4.74 Å². The summed E-state index contributed by atoms with van der Waals surface area (Å²) in [5.41, 5.74) is 0. The van der Waals surface area contributed by atoms with E-state index in [0.29, 0.717) is 13.2 Å². The van der Waals surface area contributed by atoms with Crippen LogP contribution in [0.3, 0.4) is 0 Å². The average Bonchev–Trinajstić information content (AvgIpc) is 2.13. The first-order valence-corrected chi connectivity index (χ1v) is 6.04.